The van der Waals surface area contributed by atoms with Crippen LogP contribution >= 0.6 is 0 Å². The number of esters is 1. The quantitative estimate of drug-likeness (QED) is 0.500. The van der Waals surface area contributed by atoms with Crippen LogP contribution in [0.1, 0.15) is 65.5 Å². The molecular weight excluding hydrogens is 442 g/mol. The lowest BCUT2D eigenvalue weighted by molar-refractivity contribution is -0.137. The minimum Gasteiger partial charge on any atom is -0.420 e. The largest absolute Gasteiger partial charge is 0.420 e. The summed E-state index contributed by atoms with van der Waals surface area (Å²) in [5, 5.41) is 4.43. The number of carbonyl (C=O) groups excluding carboxylic acids is 2. The monoisotopic (exact) mass is 473 g/mol. The van der Waals surface area contributed by atoms with Gasteiger partial charge in [-0.15, -0.1) is 0 Å². The second-order valence-electron chi connectivity index (χ2n) is 9.31. The first-order chi connectivity index (χ1) is 16.7. The van der Waals surface area contributed by atoms with E-state index in [0.717, 1.165) is 28.5 Å². The number of ether oxygens (including phenoxy) is 1. The minimum absolute atomic E-state index is 0.0248. The summed E-state index contributed by atoms with van der Waals surface area (Å²) in [5.41, 5.74) is 3.91. The number of aromatic nitrogens is 2. The number of nitrogens with zero attached hydrogens (tertiary/aromatic N) is 3. The van der Waals surface area contributed by atoms with E-state index in [1.54, 1.807) is 23.4 Å². The van der Waals surface area contributed by atoms with E-state index < -0.39 is 17.3 Å². The van der Waals surface area contributed by atoms with Crippen molar-refractivity contribution in [3.63, 3.8) is 0 Å². The lowest BCUT2D eigenvalue weighted by Crippen LogP contribution is -2.47. The first-order valence-electron chi connectivity index (χ1n) is 12.0. The molecule has 2 aromatic carbocycles. The molecule has 0 saturated carbocycles. The first-order valence-corrected chi connectivity index (χ1v) is 12.0. The molecule has 1 aliphatic heterocycles. The minimum atomic E-state index is -0.585. The van der Waals surface area contributed by atoms with Gasteiger partial charge in [-0.2, -0.15) is 5.10 Å². The molecule has 0 N–H and O–H groups in total. The maximum absolute atomic E-state index is 13.5. The second kappa shape index (κ2) is 9.86. The van der Waals surface area contributed by atoms with Gasteiger partial charge in [-0.25, -0.2) is 0 Å². The molecule has 0 spiro atoms. The summed E-state index contributed by atoms with van der Waals surface area (Å²) in [6, 6.07) is 16.0. The average molecular weight is 474 g/mol. The van der Waals surface area contributed by atoms with Crippen molar-refractivity contribution in [3.05, 3.63) is 92.9 Å². The predicted molar refractivity (Wildman–Crippen MR) is 134 cm³/mol. The summed E-state index contributed by atoms with van der Waals surface area (Å²) in [6.07, 6.45) is 1.14. The fourth-order valence-electron chi connectivity index (χ4n) is 4.72. The highest BCUT2D eigenvalue weighted by Crippen LogP contribution is 2.41. The van der Waals surface area contributed by atoms with Gasteiger partial charge in [0.25, 0.3) is 5.91 Å². The van der Waals surface area contributed by atoms with Crippen LogP contribution in [-0.2, 0) is 4.79 Å². The Hall–Kier alpha value is -3.74. The van der Waals surface area contributed by atoms with Crippen LogP contribution < -0.4 is 10.2 Å². The number of hydrogen-bond donors (Lipinski definition) is 0. The molecule has 0 aliphatic carbocycles. The van der Waals surface area contributed by atoms with Gasteiger partial charge in [0, 0.05) is 19.0 Å². The van der Waals surface area contributed by atoms with Crippen LogP contribution in [0.4, 0.5) is 0 Å². The zero-order valence-electron chi connectivity index (χ0n) is 20.8. The van der Waals surface area contributed by atoms with Gasteiger partial charge in [-0.3, -0.25) is 19.1 Å². The van der Waals surface area contributed by atoms with Crippen molar-refractivity contribution < 1.29 is 14.3 Å². The van der Waals surface area contributed by atoms with E-state index in [9.17, 15) is 14.4 Å². The lowest BCUT2D eigenvalue weighted by atomic mass is 9.80. The maximum atomic E-state index is 13.5. The Morgan fingerprint density at radius 1 is 1.03 bits per heavy atom. The fraction of sp³-hybridized carbons (Fsp3) is 0.357. The van der Waals surface area contributed by atoms with E-state index in [4.69, 9.17) is 4.74 Å². The summed E-state index contributed by atoms with van der Waals surface area (Å²) < 4.78 is 7.10. The summed E-state index contributed by atoms with van der Waals surface area (Å²) in [7, 11) is 0. The number of carbonyl (C=O) groups is 2. The van der Waals surface area contributed by atoms with Crippen molar-refractivity contribution in [1.82, 2.24) is 14.7 Å². The van der Waals surface area contributed by atoms with Gasteiger partial charge in [0.2, 0.25) is 11.2 Å². The number of fused-ring (bicyclic) bond motifs is 1. The van der Waals surface area contributed by atoms with Gasteiger partial charge in [-0.05, 0) is 43.0 Å². The van der Waals surface area contributed by atoms with Crippen LogP contribution in [0, 0.1) is 19.8 Å². The van der Waals surface area contributed by atoms with Crippen LogP contribution in [0.2, 0.25) is 0 Å². The van der Waals surface area contributed by atoms with Crippen molar-refractivity contribution in [3.8, 4) is 5.75 Å². The van der Waals surface area contributed by atoms with Gasteiger partial charge in [0.1, 0.15) is 0 Å². The maximum Gasteiger partial charge on any atom is 0.313 e. The summed E-state index contributed by atoms with van der Waals surface area (Å²) in [5.74, 6) is -1.79. The number of rotatable bonds is 6. The number of hydrogen-bond acceptors (Lipinski definition) is 5. The highest BCUT2D eigenvalue weighted by Gasteiger charge is 2.40. The normalized spacial score (nSPS) is 15.5. The van der Waals surface area contributed by atoms with E-state index in [2.05, 4.69) is 43.2 Å². The van der Waals surface area contributed by atoms with E-state index in [0.29, 0.717) is 13.1 Å². The van der Waals surface area contributed by atoms with Gasteiger partial charge >= 0.3 is 5.97 Å². The molecule has 35 heavy (non-hydrogen) atoms. The van der Waals surface area contributed by atoms with Crippen molar-refractivity contribution in [1.29, 1.82) is 0 Å². The predicted octanol–water partition coefficient (Wildman–Crippen LogP) is 4.27. The molecule has 1 aliphatic rings. The van der Waals surface area contributed by atoms with Crippen molar-refractivity contribution in [2.75, 3.05) is 13.1 Å². The van der Waals surface area contributed by atoms with Crippen molar-refractivity contribution >= 4 is 11.9 Å². The molecule has 0 bridgehead atoms. The highest BCUT2D eigenvalue weighted by molar-refractivity contribution is 5.96. The Balaban J connectivity index is 1.99. The molecule has 7 heteroatoms. The molecule has 7 nitrogen and oxygen atoms in total. The third kappa shape index (κ3) is 4.50. The molecule has 1 atom stereocenters. The molecule has 0 unspecified atom stereocenters. The summed E-state index contributed by atoms with van der Waals surface area (Å²) in [4.78, 5) is 40.4. The molecule has 1 amide bonds. The second-order valence-corrected chi connectivity index (χ2v) is 9.31. The fourth-order valence-corrected chi connectivity index (χ4v) is 4.72. The van der Waals surface area contributed by atoms with Gasteiger partial charge < -0.3 is 9.64 Å². The summed E-state index contributed by atoms with van der Waals surface area (Å²) >= 11 is 0. The molecule has 2 heterocycles. The first kappa shape index (κ1) is 24.4. The number of aryl methyl sites for hydroxylation is 2. The van der Waals surface area contributed by atoms with E-state index >= 15 is 0 Å². The van der Waals surface area contributed by atoms with Crippen LogP contribution in [-0.4, -0.2) is 39.6 Å². The number of amides is 1. The molecule has 0 radical (unpaired) electrons. The van der Waals surface area contributed by atoms with Crippen LogP contribution in [0.3, 0.4) is 0 Å². The van der Waals surface area contributed by atoms with Crippen LogP contribution in [0.15, 0.2) is 59.5 Å². The Bertz CT molecular complexity index is 1280. The smallest absolute Gasteiger partial charge is 0.313 e. The van der Waals surface area contributed by atoms with E-state index in [1.807, 2.05) is 31.2 Å². The van der Waals surface area contributed by atoms with E-state index in [1.165, 1.54) is 0 Å². The highest BCUT2D eigenvalue weighted by atomic mass is 16.5. The SMILES string of the molecule is CCN1C[C@H](C(c2ccccc2C)c2ccccc2C)n2ncc(=O)c(OC(=O)C(C)C)c2C1=O. The molecule has 0 saturated heterocycles. The van der Waals surface area contributed by atoms with Crippen LogP contribution in [0.25, 0.3) is 0 Å². The number of likely N-dealkylation sites (N-methyl/N-ethyl adjacent to an activating group) is 1. The molecule has 0 fully saturated rings. The Labute approximate surface area is 205 Å². The van der Waals surface area contributed by atoms with Crippen molar-refractivity contribution in [2.24, 2.45) is 5.92 Å². The molecule has 4 rings (SSSR count). The Morgan fingerprint density at radius 3 is 2.11 bits per heavy atom. The summed E-state index contributed by atoms with van der Waals surface area (Å²) in [6.45, 7) is 10.3. The molecule has 1 aromatic heterocycles. The lowest BCUT2D eigenvalue weighted by Gasteiger charge is -2.39. The van der Waals surface area contributed by atoms with E-state index in [-0.39, 0.29) is 29.3 Å². The third-order valence-electron chi connectivity index (χ3n) is 6.67. The average Bonchev–Trinajstić information content (AvgIpc) is 2.84. The van der Waals surface area contributed by atoms with Gasteiger partial charge in [0.05, 0.1) is 18.2 Å². The molecule has 182 valence electrons. The molecular formula is C28H31N3O4. The zero-order valence-corrected chi connectivity index (χ0v) is 20.8. The topological polar surface area (TPSA) is 81.5 Å². The number of benzene rings is 2. The Morgan fingerprint density at radius 2 is 1.60 bits per heavy atom. The van der Waals surface area contributed by atoms with Crippen molar-refractivity contribution in [2.45, 2.75) is 46.6 Å². The molecule has 3 aromatic rings. The van der Waals surface area contributed by atoms with Gasteiger partial charge in [0.15, 0.2) is 5.69 Å². The van der Waals surface area contributed by atoms with Crippen LogP contribution in [0.5, 0.6) is 5.75 Å². The zero-order chi connectivity index (χ0) is 25.3. The standard InChI is InChI=1S/C28H31N3O4/c1-6-30-16-22(24(20-13-9-7-11-18(20)4)21-14-10-8-12-19(21)5)31-25(27(30)33)26(23(32)15-29-31)35-28(34)17(2)3/h7-15,17,22,24H,6,16H2,1-5H3/t22-/m1/s1. The third-order valence-corrected chi connectivity index (χ3v) is 6.67. The van der Waals surface area contributed by atoms with Gasteiger partial charge in [-0.1, -0.05) is 62.4 Å². The Kier molecular flexibility index (Phi) is 6.87.